The van der Waals surface area contributed by atoms with Gasteiger partial charge in [0.15, 0.2) is 5.82 Å². The quantitative estimate of drug-likeness (QED) is 0.770. The number of rotatable bonds is 2. The van der Waals surface area contributed by atoms with E-state index in [0.29, 0.717) is 11.6 Å². The molecule has 2 N–H and O–H groups in total. The van der Waals surface area contributed by atoms with Crippen molar-refractivity contribution in [3.63, 3.8) is 0 Å². The van der Waals surface area contributed by atoms with Crippen molar-refractivity contribution >= 4 is 16.9 Å². The molecule has 0 bridgehead atoms. The molecule has 0 saturated heterocycles. The van der Waals surface area contributed by atoms with Crippen LogP contribution in [-0.2, 0) is 0 Å². The number of aromatic nitrogens is 4. The minimum absolute atomic E-state index is 0.209. The number of hydrogen-bond donors (Lipinski definition) is 1. The smallest absolute Gasteiger partial charge is 0.223 e. The standard InChI is InChI=1S/C15H15N5/c1-9(2)13-18-14(20-15(16)19-13)11-5-6-12-10(8-11)4-3-7-17-12/h3-9H,1-2H3,(H2,16,18,19,20). The van der Waals surface area contributed by atoms with Gasteiger partial charge in [-0.05, 0) is 24.3 Å². The van der Waals surface area contributed by atoms with Crippen molar-refractivity contribution in [3.8, 4) is 11.4 Å². The van der Waals surface area contributed by atoms with E-state index in [1.807, 2.05) is 44.2 Å². The highest BCUT2D eigenvalue weighted by Crippen LogP contribution is 2.22. The van der Waals surface area contributed by atoms with Gasteiger partial charge in [0.25, 0.3) is 0 Å². The number of hydrogen-bond acceptors (Lipinski definition) is 5. The second kappa shape index (κ2) is 4.85. The summed E-state index contributed by atoms with van der Waals surface area (Å²) in [5, 5.41) is 1.05. The number of anilines is 1. The van der Waals surface area contributed by atoms with Gasteiger partial charge in [0, 0.05) is 23.1 Å². The molecule has 0 aliphatic rings. The summed E-state index contributed by atoms with van der Waals surface area (Å²) in [5.74, 6) is 1.77. The molecule has 0 unspecified atom stereocenters. The predicted molar refractivity (Wildman–Crippen MR) is 79.1 cm³/mol. The van der Waals surface area contributed by atoms with E-state index in [1.54, 1.807) is 6.20 Å². The van der Waals surface area contributed by atoms with Crippen LogP contribution in [0.15, 0.2) is 36.5 Å². The fourth-order valence-corrected chi connectivity index (χ4v) is 2.01. The van der Waals surface area contributed by atoms with E-state index in [0.717, 1.165) is 16.5 Å². The lowest BCUT2D eigenvalue weighted by atomic mass is 10.1. The number of benzene rings is 1. The molecule has 2 aromatic heterocycles. The van der Waals surface area contributed by atoms with Crippen LogP contribution >= 0.6 is 0 Å². The Morgan fingerprint density at radius 3 is 2.70 bits per heavy atom. The molecule has 0 fully saturated rings. The van der Waals surface area contributed by atoms with Gasteiger partial charge in [-0.2, -0.15) is 9.97 Å². The number of fused-ring (bicyclic) bond motifs is 1. The first-order chi connectivity index (χ1) is 9.63. The van der Waals surface area contributed by atoms with Crippen LogP contribution in [0.2, 0.25) is 0 Å². The van der Waals surface area contributed by atoms with Crippen molar-refractivity contribution in [1.82, 2.24) is 19.9 Å². The van der Waals surface area contributed by atoms with E-state index < -0.39 is 0 Å². The summed E-state index contributed by atoms with van der Waals surface area (Å²) in [5.41, 5.74) is 7.64. The van der Waals surface area contributed by atoms with Crippen LogP contribution in [0.5, 0.6) is 0 Å². The summed E-state index contributed by atoms with van der Waals surface area (Å²) in [6.45, 7) is 4.06. The molecule has 2 heterocycles. The molecule has 0 saturated carbocycles. The molecule has 0 aliphatic heterocycles. The fraction of sp³-hybridized carbons (Fsp3) is 0.200. The Labute approximate surface area is 116 Å². The van der Waals surface area contributed by atoms with Gasteiger partial charge < -0.3 is 5.73 Å². The lowest BCUT2D eigenvalue weighted by molar-refractivity contribution is 0.767. The van der Waals surface area contributed by atoms with E-state index in [9.17, 15) is 0 Å². The van der Waals surface area contributed by atoms with Crippen LogP contribution in [0.3, 0.4) is 0 Å². The van der Waals surface area contributed by atoms with Crippen LogP contribution in [0.4, 0.5) is 5.95 Å². The van der Waals surface area contributed by atoms with Crippen LogP contribution in [0, 0.1) is 0 Å². The molecule has 5 nitrogen and oxygen atoms in total. The van der Waals surface area contributed by atoms with Crippen molar-refractivity contribution in [2.45, 2.75) is 19.8 Å². The van der Waals surface area contributed by atoms with Gasteiger partial charge in [0.2, 0.25) is 5.95 Å². The van der Waals surface area contributed by atoms with Crippen LogP contribution < -0.4 is 5.73 Å². The minimum atomic E-state index is 0.209. The highest BCUT2D eigenvalue weighted by atomic mass is 15.1. The van der Waals surface area contributed by atoms with E-state index in [4.69, 9.17) is 5.73 Å². The third-order valence-electron chi connectivity index (χ3n) is 3.05. The van der Waals surface area contributed by atoms with Gasteiger partial charge in [-0.1, -0.05) is 19.9 Å². The summed E-state index contributed by atoms with van der Waals surface area (Å²) >= 11 is 0. The van der Waals surface area contributed by atoms with E-state index in [1.165, 1.54) is 0 Å². The monoisotopic (exact) mass is 265 g/mol. The average Bonchev–Trinajstić information content (AvgIpc) is 2.46. The summed E-state index contributed by atoms with van der Waals surface area (Å²) < 4.78 is 0. The van der Waals surface area contributed by atoms with Crippen LogP contribution in [0.25, 0.3) is 22.3 Å². The predicted octanol–water partition coefficient (Wildman–Crippen LogP) is 2.79. The fourth-order valence-electron chi connectivity index (χ4n) is 2.01. The highest BCUT2D eigenvalue weighted by molar-refractivity contribution is 5.83. The molecule has 100 valence electrons. The van der Waals surface area contributed by atoms with E-state index >= 15 is 0 Å². The zero-order valence-corrected chi connectivity index (χ0v) is 11.4. The summed E-state index contributed by atoms with van der Waals surface area (Å²) in [6, 6.07) is 9.85. The van der Waals surface area contributed by atoms with Crippen molar-refractivity contribution in [2.75, 3.05) is 5.73 Å². The lowest BCUT2D eigenvalue weighted by Crippen LogP contribution is -2.06. The molecule has 0 spiro atoms. The molecule has 20 heavy (non-hydrogen) atoms. The maximum absolute atomic E-state index is 5.77. The Morgan fingerprint density at radius 1 is 1.05 bits per heavy atom. The third-order valence-corrected chi connectivity index (χ3v) is 3.05. The van der Waals surface area contributed by atoms with Crippen LogP contribution in [-0.4, -0.2) is 19.9 Å². The second-order valence-corrected chi connectivity index (χ2v) is 4.94. The first kappa shape index (κ1) is 12.5. The van der Waals surface area contributed by atoms with Gasteiger partial charge in [0.05, 0.1) is 5.52 Å². The Kier molecular flexibility index (Phi) is 3.02. The van der Waals surface area contributed by atoms with Crippen molar-refractivity contribution < 1.29 is 0 Å². The Morgan fingerprint density at radius 2 is 1.90 bits per heavy atom. The summed E-state index contributed by atoms with van der Waals surface area (Å²) in [4.78, 5) is 17.2. The van der Waals surface area contributed by atoms with Gasteiger partial charge in [-0.3, -0.25) is 4.98 Å². The summed E-state index contributed by atoms with van der Waals surface area (Å²) in [6.07, 6.45) is 1.78. The third kappa shape index (κ3) is 2.30. The van der Waals surface area contributed by atoms with Gasteiger partial charge in [0.1, 0.15) is 5.82 Å². The van der Waals surface area contributed by atoms with Crippen molar-refractivity contribution in [2.24, 2.45) is 0 Å². The average molecular weight is 265 g/mol. The number of nitrogens with zero attached hydrogens (tertiary/aromatic N) is 4. The van der Waals surface area contributed by atoms with Crippen molar-refractivity contribution in [3.05, 3.63) is 42.4 Å². The number of nitrogens with two attached hydrogens (primary N) is 1. The molecular formula is C15H15N5. The maximum Gasteiger partial charge on any atom is 0.223 e. The Hall–Kier alpha value is -2.56. The Balaban J connectivity index is 2.15. The molecule has 0 atom stereocenters. The zero-order chi connectivity index (χ0) is 14.1. The molecular weight excluding hydrogens is 250 g/mol. The van der Waals surface area contributed by atoms with Crippen molar-refractivity contribution in [1.29, 1.82) is 0 Å². The molecule has 0 aliphatic carbocycles. The summed E-state index contributed by atoms with van der Waals surface area (Å²) in [7, 11) is 0. The maximum atomic E-state index is 5.77. The molecule has 0 amide bonds. The number of pyridine rings is 1. The minimum Gasteiger partial charge on any atom is -0.368 e. The normalized spacial score (nSPS) is 11.2. The van der Waals surface area contributed by atoms with E-state index in [2.05, 4.69) is 19.9 Å². The van der Waals surface area contributed by atoms with Crippen LogP contribution in [0.1, 0.15) is 25.6 Å². The Bertz CT molecular complexity index is 767. The second-order valence-electron chi connectivity index (χ2n) is 4.94. The first-order valence-corrected chi connectivity index (χ1v) is 6.50. The molecule has 0 radical (unpaired) electrons. The zero-order valence-electron chi connectivity index (χ0n) is 11.4. The number of nitrogen functional groups attached to an aromatic ring is 1. The molecule has 3 rings (SSSR count). The van der Waals surface area contributed by atoms with Gasteiger partial charge >= 0.3 is 0 Å². The first-order valence-electron chi connectivity index (χ1n) is 6.50. The van der Waals surface area contributed by atoms with Gasteiger partial charge in [-0.25, -0.2) is 4.98 Å². The molecule has 3 aromatic rings. The SMILES string of the molecule is CC(C)c1nc(N)nc(-c2ccc3ncccc3c2)n1. The highest BCUT2D eigenvalue weighted by Gasteiger charge is 2.10. The molecule has 1 aromatic carbocycles. The topological polar surface area (TPSA) is 77.6 Å². The van der Waals surface area contributed by atoms with E-state index in [-0.39, 0.29) is 11.9 Å². The van der Waals surface area contributed by atoms with Gasteiger partial charge in [-0.15, -0.1) is 0 Å². The molecule has 5 heteroatoms. The largest absolute Gasteiger partial charge is 0.368 e. The lowest BCUT2D eigenvalue weighted by Gasteiger charge is -2.07.